The zero-order valence-electron chi connectivity index (χ0n) is 6.59. The van der Waals surface area contributed by atoms with Gasteiger partial charge in [-0.1, -0.05) is 15.9 Å². The first-order valence-electron chi connectivity index (χ1n) is 3.21. The molecule has 0 fully saturated rings. The lowest BCUT2D eigenvalue weighted by atomic mass is 10.0. The van der Waals surface area contributed by atoms with Gasteiger partial charge in [0.2, 0.25) is 0 Å². The molecule has 0 amide bonds. The average Bonchev–Trinajstić information content (AvgIpc) is 1.86. The molecule has 0 unspecified atom stereocenters. The first kappa shape index (κ1) is 10.6. The number of alkyl halides is 1. The molecule has 0 aromatic carbocycles. The SMILES string of the molecule is CC(C)(CC(=O)CBr)OC=O. The number of carbonyl (C=O) groups is 2. The number of carbonyl (C=O) groups excluding carboxylic acids is 2. The van der Waals surface area contributed by atoms with Gasteiger partial charge in [0.05, 0.1) is 5.33 Å². The summed E-state index contributed by atoms with van der Waals surface area (Å²) >= 11 is 3.03. The number of halogens is 1. The minimum absolute atomic E-state index is 0.0249. The summed E-state index contributed by atoms with van der Waals surface area (Å²) in [6, 6.07) is 0. The third kappa shape index (κ3) is 4.95. The Morgan fingerprint density at radius 2 is 2.18 bits per heavy atom. The summed E-state index contributed by atoms with van der Waals surface area (Å²) < 4.78 is 4.68. The van der Waals surface area contributed by atoms with Crippen molar-refractivity contribution in [3.63, 3.8) is 0 Å². The van der Waals surface area contributed by atoms with E-state index in [-0.39, 0.29) is 12.2 Å². The molecule has 0 saturated carbocycles. The topological polar surface area (TPSA) is 43.4 Å². The van der Waals surface area contributed by atoms with Gasteiger partial charge in [0.1, 0.15) is 11.4 Å². The molecule has 0 saturated heterocycles. The van der Waals surface area contributed by atoms with E-state index >= 15 is 0 Å². The van der Waals surface area contributed by atoms with Crippen LogP contribution in [-0.2, 0) is 14.3 Å². The highest BCUT2D eigenvalue weighted by atomic mass is 79.9. The van der Waals surface area contributed by atoms with Crippen LogP contribution in [0.2, 0.25) is 0 Å². The molecule has 0 N–H and O–H groups in total. The molecule has 0 aromatic rings. The molecule has 0 aliphatic carbocycles. The van der Waals surface area contributed by atoms with Crippen molar-refractivity contribution in [1.29, 1.82) is 0 Å². The molecule has 0 bridgehead atoms. The van der Waals surface area contributed by atoms with Crippen LogP contribution in [0.3, 0.4) is 0 Å². The second-order valence-electron chi connectivity index (χ2n) is 2.82. The Balaban J connectivity index is 3.89. The summed E-state index contributed by atoms with van der Waals surface area (Å²) in [4.78, 5) is 20.8. The van der Waals surface area contributed by atoms with Gasteiger partial charge in [-0.3, -0.25) is 9.59 Å². The summed E-state index contributed by atoms with van der Waals surface area (Å²) in [5, 5.41) is 0.304. The maximum atomic E-state index is 10.9. The van der Waals surface area contributed by atoms with E-state index in [0.717, 1.165) is 0 Å². The third-order valence-corrected chi connectivity index (χ3v) is 1.76. The first-order valence-corrected chi connectivity index (χ1v) is 4.33. The van der Waals surface area contributed by atoms with Crippen LogP contribution in [0.5, 0.6) is 0 Å². The van der Waals surface area contributed by atoms with Crippen LogP contribution in [0.4, 0.5) is 0 Å². The first-order chi connectivity index (χ1) is 5.02. The number of hydrogen-bond donors (Lipinski definition) is 0. The molecule has 0 heterocycles. The van der Waals surface area contributed by atoms with Gasteiger partial charge in [0.15, 0.2) is 0 Å². The fraction of sp³-hybridized carbons (Fsp3) is 0.714. The standard InChI is InChI=1S/C7H11BrO3/c1-7(2,11-5-9)3-6(10)4-8/h5H,3-4H2,1-2H3. The van der Waals surface area contributed by atoms with E-state index in [4.69, 9.17) is 0 Å². The molecule has 0 aromatic heterocycles. The summed E-state index contributed by atoms with van der Waals surface area (Å²) in [7, 11) is 0. The highest BCUT2D eigenvalue weighted by molar-refractivity contribution is 9.09. The molecule has 0 aliphatic heterocycles. The molecule has 0 radical (unpaired) electrons. The van der Waals surface area contributed by atoms with Crippen LogP contribution in [0, 0.1) is 0 Å². The Morgan fingerprint density at radius 1 is 1.64 bits per heavy atom. The number of hydrogen-bond acceptors (Lipinski definition) is 3. The number of Topliss-reactive ketones (excluding diaryl/α,β-unsaturated/α-hetero) is 1. The van der Waals surface area contributed by atoms with Crippen LogP contribution >= 0.6 is 15.9 Å². The molecule has 0 spiro atoms. The van der Waals surface area contributed by atoms with Crippen molar-refractivity contribution < 1.29 is 14.3 Å². The van der Waals surface area contributed by atoms with Gasteiger partial charge in [-0.2, -0.15) is 0 Å². The van der Waals surface area contributed by atoms with E-state index in [9.17, 15) is 9.59 Å². The minimum Gasteiger partial charge on any atom is -0.461 e. The predicted octanol–water partition coefficient (Wildman–Crippen LogP) is 1.29. The van der Waals surface area contributed by atoms with Gasteiger partial charge in [-0.05, 0) is 13.8 Å². The molecule has 11 heavy (non-hydrogen) atoms. The molecule has 4 heteroatoms. The fourth-order valence-corrected chi connectivity index (χ4v) is 0.892. The maximum absolute atomic E-state index is 10.9. The monoisotopic (exact) mass is 222 g/mol. The van der Waals surface area contributed by atoms with Crippen LogP contribution in [0.15, 0.2) is 0 Å². The van der Waals surface area contributed by atoms with Crippen LogP contribution < -0.4 is 0 Å². The van der Waals surface area contributed by atoms with E-state index in [1.807, 2.05) is 0 Å². The van der Waals surface area contributed by atoms with Crippen molar-refractivity contribution in [2.24, 2.45) is 0 Å². The second-order valence-corrected chi connectivity index (χ2v) is 3.38. The molecular formula is C7H11BrO3. The number of ketones is 1. The van der Waals surface area contributed by atoms with Gasteiger partial charge in [0, 0.05) is 6.42 Å². The van der Waals surface area contributed by atoms with E-state index in [1.54, 1.807) is 13.8 Å². The van der Waals surface area contributed by atoms with Crippen LogP contribution in [0.25, 0.3) is 0 Å². The molecule has 64 valence electrons. The Morgan fingerprint density at radius 3 is 2.55 bits per heavy atom. The van der Waals surface area contributed by atoms with Crippen molar-refractivity contribution >= 4 is 28.2 Å². The van der Waals surface area contributed by atoms with Crippen molar-refractivity contribution in [3.8, 4) is 0 Å². The summed E-state index contributed by atoms with van der Waals surface area (Å²) in [6.45, 7) is 3.76. The zero-order valence-corrected chi connectivity index (χ0v) is 8.18. The van der Waals surface area contributed by atoms with Gasteiger partial charge >= 0.3 is 0 Å². The molecule has 0 aliphatic rings. The van der Waals surface area contributed by atoms with Gasteiger partial charge in [-0.15, -0.1) is 0 Å². The average molecular weight is 223 g/mol. The van der Waals surface area contributed by atoms with E-state index in [0.29, 0.717) is 11.8 Å². The number of rotatable bonds is 5. The summed E-state index contributed by atoms with van der Waals surface area (Å²) in [6.07, 6.45) is 0.247. The lowest BCUT2D eigenvalue weighted by Gasteiger charge is -2.20. The fourth-order valence-electron chi connectivity index (χ4n) is 0.694. The highest BCUT2D eigenvalue weighted by Crippen LogP contribution is 2.13. The number of ether oxygens (including phenoxy) is 1. The van der Waals surface area contributed by atoms with Gasteiger partial charge < -0.3 is 4.74 Å². The van der Waals surface area contributed by atoms with E-state index in [1.165, 1.54) is 0 Å². The molecular weight excluding hydrogens is 212 g/mol. The highest BCUT2D eigenvalue weighted by Gasteiger charge is 2.22. The second kappa shape index (κ2) is 4.49. The van der Waals surface area contributed by atoms with Crippen molar-refractivity contribution in [2.75, 3.05) is 5.33 Å². The Kier molecular flexibility index (Phi) is 4.33. The Bertz CT molecular complexity index is 154. The zero-order chi connectivity index (χ0) is 8.91. The van der Waals surface area contributed by atoms with Crippen molar-refractivity contribution in [1.82, 2.24) is 0 Å². The van der Waals surface area contributed by atoms with Gasteiger partial charge in [-0.25, -0.2) is 0 Å². The minimum atomic E-state index is -0.674. The molecule has 0 atom stereocenters. The summed E-state index contributed by atoms with van der Waals surface area (Å²) in [5.74, 6) is 0.0249. The normalized spacial score (nSPS) is 10.8. The summed E-state index contributed by atoms with van der Waals surface area (Å²) in [5.41, 5.74) is -0.674. The van der Waals surface area contributed by atoms with Crippen LogP contribution in [0.1, 0.15) is 20.3 Å². The van der Waals surface area contributed by atoms with Crippen molar-refractivity contribution in [2.45, 2.75) is 25.9 Å². The smallest absolute Gasteiger partial charge is 0.293 e. The Hall–Kier alpha value is -0.380. The maximum Gasteiger partial charge on any atom is 0.293 e. The third-order valence-electron chi connectivity index (χ3n) is 1.14. The van der Waals surface area contributed by atoms with Crippen LogP contribution in [-0.4, -0.2) is 23.2 Å². The van der Waals surface area contributed by atoms with Gasteiger partial charge in [0.25, 0.3) is 6.47 Å². The van der Waals surface area contributed by atoms with E-state index in [2.05, 4.69) is 20.7 Å². The largest absolute Gasteiger partial charge is 0.461 e. The van der Waals surface area contributed by atoms with E-state index < -0.39 is 5.60 Å². The van der Waals surface area contributed by atoms with Crippen molar-refractivity contribution in [3.05, 3.63) is 0 Å². The lowest BCUT2D eigenvalue weighted by molar-refractivity contribution is -0.142. The lowest BCUT2D eigenvalue weighted by Crippen LogP contribution is -2.27. The predicted molar refractivity (Wildman–Crippen MR) is 44.6 cm³/mol. The molecule has 0 rings (SSSR count). The quantitative estimate of drug-likeness (QED) is 0.521. The Labute approximate surface area is 74.2 Å². The molecule has 3 nitrogen and oxygen atoms in total.